The normalized spacial score (nSPS) is 13.2. The third-order valence-electron chi connectivity index (χ3n) is 2.70. The highest BCUT2D eigenvalue weighted by atomic mass is 16.2. The predicted octanol–water partition coefficient (Wildman–Crippen LogP) is 0.770. The van der Waals surface area contributed by atoms with E-state index in [0.29, 0.717) is 18.9 Å². The van der Waals surface area contributed by atoms with Crippen LogP contribution in [0.1, 0.15) is 27.2 Å². The number of rotatable bonds is 7. The summed E-state index contributed by atoms with van der Waals surface area (Å²) in [5.74, 6) is 0.751. The van der Waals surface area contributed by atoms with Gasteiger partial charge < -0.3 is 10.6 Å². The SMILES string of the molecule is CCN(CC(C)C)C(CN)CC(=O)N(C)C. The Balaban J connectivity index is 4.38. The van der Waals surface area contributed by atoms with Crippen LogP contribution in [0.25, 0.3) is 0 Å². The topological polar surface area (TPSA) is 49.6 Å². The molecule has 1 unspecified atom stereocenters. The Morgan fingerprint density at radius 2 is 1.88 bits per heavy atom. The zero-order valence-corrected chi connectivity index (χ0v) is 11.4. The molecule has 0 radical (unpaired) electrons. The lowest BCUT2D eigenvalue weighted by Gasteiger charge is -2.31. The van der Waals surface area contributed by atoms with Crippen LogP contribution in [0.5, 0.6) is 0 Å². The molecule has 4 heteroatoms. The van der Waals surface area contributed by atoms with Crippen molar-refractivity contribution in [2.24, 2.45) is 11.7 Å². The van der Waals surface area contributed by atoms with Crippen molar-refractivity contribution >= 4 is 5.91 Å². The van der Waals surface area contributed by atoms with E-state index in [1.54, 1.807) is 19.0 Å². The second-order valence-electron chi connectivity index (χ2n) is 4.86. The molecule has 0 aliphatic carbocycles. The summed E-state index contributed by atoms with van der Waals surface area (Å²) < 4.78 is 0. The fourth-order valence-electron chi connectivity index (χ4n) is 1.75. The highest BCUT2D eigenvalue weighted by molar-refractivity contribution is 5.76. The van der Waals surface area contributed by atoms with Gasteiger partial charge in [0.05, 0.1) is 0 Å². The van der Waals surface area contributed by atoms with Gasteiger partial charge in [-0.3, -0.25) is 9.69 Å². The minimum absolute atomic E-state index is 0.151. The third kappa shape index (κ3) is 5.47. The zero-order chi connectivity index (χ0) is 12.7. The molecule has 96 valence electrons. The molecule has 0 fully saturated rings. The Labute approximate surface area is 99.8 Å². The molecule has 0 bridgehead atoms. The van der Waals surface area contributed by atoms with Gasteiger partial charge in [0, 0.05) is 39.6 Å². The Morgan fingerprint density at radius 3 is 2.19 bits per heavy atom. The molecule has 0 aliphatic rings. The van der Waals surface area contributed by atoms with Crippen molar-refractivity contribution in [3.63, 3.8) is 0 Å². The molecule has 0 saturated carbocycles. The molecule has 2 N–H and O–H groups in total. The van der Waals surface area contributed by atoms with Gasteiger partial charge in [-0.2, -0.15) is 0 Å². The molecule has 16 heavy (non-hydrogen) atoms. The van der Waals surface area contributed by atoms with Gasteiger partial charge in [0.15, 0.2) is 0 Å². The minimum atomic E-state index is 0.151. The number of hydrogen-bond donors (Lipinski definition) is 1. The van der Waals surface area contributed by atoms with Crippen LogP contribution < -0.4 is 5.73 Å². The minimum Gasteiger partial charge on any atom is -0.349 e. The van der Waals surface area contributed by atoms with E-state index in [-0.39, 0.29) is 11.9 Å². The molecule has 0 aromatic rings. The molecule has 0 aromatic heterocycles. The lowest BCUT2D eigenvalue weighted by molar-refractivity contribution is -0.130. The molecular formula is C12H27N3O. The summed E-state index contributed by atoms with van der Waals surface area (Å²) in [5.41, 5.74) is 5.76. The van der Waals surface area contributed by atoms with Crippen molar-refractivity contribution in [1.82, 2.24) is 9.80 Å². The standard InChI is InChI=1S/C12H27N3O/c1-6-15(9-10(2)3)11(8-13)7-12(16)14(4)5/h10-11H,6-9,13H2,1-5H3. The lowest BCUT2D eigenvalue weighted by atomic mass is 10.1. The monoisotopic (exact) mass is 229 g/mol. The van der Waals surface area contributed by atoms with E-state index < -0.39 is 0 Å². The van der Waals surface area contributed by atoms with Crippen LogP contribution in [0.15, 0.2) is 0 Å². The number of nitrogens with two attached hydrogens (primary N) is 1. The summed E-state index contributed by atoms with van der Waals surface area (Å²) in [6, 6.07) is 0.169. The van der Waals surface area contributed by atoms with E-state index in [2.05, 4.69) is 25.7 Å². The van der Waals surface area contributed by atoms with E-state index in [9.17, 15) is 4.79 Å². The first-order valence-electron chi connectivity index (χ1n) is 6.06. The predicted molar refractivity (Wildman–Crippen MR) is 68.2 cm³/mol. The highest BCUT2D eigenvalue weighted by Gasteiger charge is 2.20. The first-order chi connectivity index (χ1) is 7.42. The van der Waals surface area contributed by atoms with Gasteiger partial charge in [-0.15, -0.1) is 0 Å². The van der Waals surface area contributed by atoms with Crippen molar-refractivity contribution in [3.8, 4) is 0 Å². The van der Waals surface area contributed by atoms with Crippen LogP contribution in [0.3, 0.4) is 0 Å². The van der Waals surface area contributed by atoms with Crippen molar-refractivity contribution in [3.05, 3.63) is 0 Å². The van der Waals surface area contributed by atoms with Crippen molar-refractivity contribution in [1.29, 1.82) is 0 Å². The summed E-state index contributed by atoms with van der Waals surface area (Å²) in [6.07, 6.45) is 0.518. The Morgan fingerprint density at radius 1 is 1.31 bits per heavy atom. The number of hydrogen-bond acceptors (Lipinski definition) is 3. The number of carbonyl (C=O) groups is 1. The van der Waals surface area contributed by atoms with E-state index in [4.69, 9.17) is 5.73 Å². The van der Waals surface area contributed by atoms with E-state index in [0.717, 1.165) is 13.1 Å². The highest BCUT2D eigenvalue weighted by Crippen LogP contribution is 2.08. The molecule has 1 atom stereocenters. The van der Waals surface area contributed by atoms with Gasteiger partial charge >= 0.3 is 0 Å². The van der Waals surface area contributed by atoms with Crippen LogP contribution in [0, 0.1) is 5.92 Å². The summed E-state index contributed by atoms with van der Waals surface area (Å²) in [6.45, 7) is 8.97. The molecule has 0 rings (SSSR count). The fraction of sp³-hybridized carbons (Fsp3) is 0.917. The molecule has 0 heterocycles. The van der Waals surface area contributed by atoms with Crippen LogP contribution in [-0.2, 0) is 4.79 Å². The van der Waals surface area contributed by atoms with E-state index >= 15 is 0 Å². The third-order valence-corrected chi connectivity index (χ3v) is 2.70. The molecular weight excluding hydrogens is 202 g/mol. The first-order valence-corrected chi connectivity index (χ1v) is 6.06. The molecule has 0 aromatic carbocycles. The Kier molecular flexibility index (Phi) is 7.34. The smallest absolute Gasteiger partial charge is 0.223 e. The second-order valence-corrected chi connectivity index (χ2v) is 4.86. The second kappa shape index (κ2) is 7.63. The van der Waals surface area contributed by atoms with Crippen LogP contribution >= 0.6 is 0 Å². The molecule has 0 saturated heterocycles. The van der Waals surface area contributed by atoms with Gasteiger partial charge in [0.25, 0.3) is 0 Å². The first kappa shape index (κ1) is 15.4. The largest absolute Gasteiger partial charge is 0.349 e. The van der Waals surface area contributed by atoms with Crippen LogP contribution in [0.2, 0.25) is 0 Å². The molecule has 1 amide bonds. The Bertz CT molecular complexity index is 204. The number of carbonyl (C=O) groups excluding carboxylic acids is 1. The molecule has 0 spiro atoms. The molecule has 4 nitrogen and oxygen atoms in total. The molecule has 0 aliphatic heterocycles. The van der Waals surface area contributed by atoms with E-state index in [1.165, 1.54) is 0 Å². The Hall–Kier alpha value is -0.610. The number of likely N-dealkylation sites (N-methyl/N-ethyl adjacent to an activating group) is 1. The van der Waals surface area contributed by atoms with E-state index in [1.807, 2.05) is 0 Å². The van der Waals surface area contributed by atoms with Gasteiger partial charge in [0.1, 0.15) is 0 Å². The van der Waals surface area contributed by atoms with Gasteiger partial charge in [0.2, 0.25) is 5.91 Å². The van der Waals surface area contributed by atoms with Crippen LogP contribution in [-0.4, -0.2) is 55.5 Å². The fourth-order valence-corrected chi connectivity index (χ4v) is 1.75. The summed E-state index contributed by atoms with van der Waals surface area (Å²) in [7, 11) is 3.57. The lowest BCUT2D eigenvalue weighted by Crippen LogP contribution is -2.45. The number of nitrogens with zero attached hydrogens (tertiary/aromatic N) is 2. The van der Waals surface area contributed by atoms with Crippen molar-refractivity contribution in [2.75, 3.05) is 33.7 Å². The summed E-state index contributed by atoms with van der Waals surface area (Å²) in [5, 5.41) is 0. The maximum atomic E-state index is 11.7. The maximum absolute atomic E-state index is 11.7. The average molecular weight is 229 g/mol. The van der Waals surface area contributed by atoms with Crippen molar-refractivity contribution in [2.45, 2.75) is 33.2 Å². The maximum Gasteiger partial charge on any atom is 0.223 e. The quantitative estimate of drug-likeness (QED) is 0.701. The van der Waals surface area contributed by atoms with Gasteiger partial charge in [-0.1, -0.05) is 20.8 Å². The van der Waals surface area contributed by atoms with Gasteiger partial charge in [-0.05, 0) is 12.5 Å². The summed E-state index contributed by atoms with van der Waals surface area (Å²) >= 11 is 0. The van der Waals surface area contributed by atoms with Gasteiger partial charge in [-0.25, -0.2) is 0 Å². The zero-order valence-electron chi connectivity index (χ0n) is 11.4. The van der Waals surface area contributed by atoms with Crippen LogP contribution in [0.4, 0.5) is 0 Å². The number of amides is 1. The van der Waals surface area contributed by atoms with Crippen molar-refractivity contribution < 1.29 is 4.79 Å². The summed E-state index contributed by atoms with van der Waals surface area (Å²) in [4.78, 5) is 15.6. The average Bonchev–Trinajstić information content (AvgIpc) is 2.21.